The number of hydrogen-bond acceptors (Lipinski definition) is 3. The Kier molecular flexibility index (Phi) is 4.08. The van der Waals surface area contributed by atoms with Crippen molar-refractivity contribution in [3.63, 3.8) is 0 Å². The first-order valence-corrected chi connectivity index (χ1v) is 5.32. The van der Waals surface area contributed by atoms with Crippen LogP contribution in [0.1, 0.15) is 19.8 Å². The highest BCUT2D eigenvalue weighted by Crippen LogP contribution is 2.19. The van der Waals surface area contributed by atoms with Gasteiger partial charge in [-0.05, 0) is 19.9 Å². The zero-order valence-corrected chi connectivity index (χ0v) is 9.32. The van der Waals surface area contributed by atoms with E-state index in [4.69, 9.17) is 5.73 Å². The molecule has 0 aromatic rings. The van der Waals surface area contributed by atoms with E-state index in [1.165, 1.54) is 0 Å². The minimum absolute atomic E-state index is 0.0191. The van der Waals surface area contributed by atoms with Crippen LogP contribution in [0.15, 0.2) is 0 Å². The van der Waals surface area contributed by atoms with E-state index in [0.29, 0.717) is 19.5 Å². The molecule has 2 atom stereocenters. The number of rotatable bonds is 4. The zero-order valence-electron chi connectivity index (χ0n) is 9.32. The standard InChI is InChI=1S/C10H19N3O2/c1-7(6-12-2)10(15)13-5-3-4-8(13)9(11)14/h7-8,12H,3-6H2,1-2H3,(H2,11,14). The van der Waals surface area contributed by atoms with Crippen LogP contribution in [0, 0.1) is 5.92 Å². The number of primary amides is 1. The van der Waals surface area contributed by atoms with Gasteiger partial charge >= 0.3 is 0 Å². The first-order valence-electron chi connectivity index (χ1n) is 5.32. The fourth-order valence-electron chi connectivity index (χ4n) is 2.00. The van der Waals surface area contributed by atoms with E-state index in [1.807, 2.05) is 6.92 Å². The van der Waals surface area contributed by atoms with E-state index < -0.39 is 11.9 Å². The van der Waals surface area contributed by atoms with Gasteiger partial charge in [0.2, 0.25) is 11.8 Å². The van der Waals surface area contributed by atoms with Crippen LogP contribution in [-0.4, -0.2) is 42.9 Å². The number of carbonyl (C=O) groups is 2. The van der Waals surface area contributed by atoms with Crippen molar-refractivity contribution in [1.82, 2.24) is 10.2 Å². The molecule has 5 heteroatoms. The molecule has 1 fully saturated rings. The largest absolute Gasteiger partial charge is 0.368 e. The van der Waals surface area contributed by atoms with Crippen molar-refractivity contribution in [2.45, 2.75) is 25.8 Å². The zero-order chi connectivity index (χ0) is 11.4. The highest BCUT2D eigenvalue weighted by molar-refractivity contribution is 5.88. The van der Waals surface area contributed by atoms with Crippen molar-refractivity contribution in [3.8, 4) is 0 Å². The maximum atomic E-state index is 11.9. The van der Waals surface area contributed by atoms with Gasteiger partial charge in [-0.25, -0.2) is 0 Å². The van der Waals surface area contributed by atoms with Crippen molar-refractivity contribution >= 4 is 11.8 Å². The highest BCUT2D eigenvalue weighted by Gasteiger charge is 2.34. The molecular formula is C10H19N3O2. The molecule has 3 N–H and O–H groups in total. The number of amides is 2. The maximum absolute atomic E-state index is 11.9. The van der Waals surface area contributed by atoms with Gasteiger partial charge in [-0.3, -0.25) is 9.59 Å². The van der Waals surface area contributed by atoms with Gasteiger partial charge in [0.05, 0.1) is 0 Å². The van der Waals surface area contributed by atoms with Crippen LogP contribution in [0.4, 0.5) is 0 Å². The van der Waals surface area contributed by atoms with Crippen LogP contribution >= 0.6 is 0 Å². The van der Waals surface area contributed by atoms with E-state index >= 15 is 0 Å². The molecule has 2 unspecified atom stereocenters. The van der Waals surface area contributed by atoms with E-state index in [-0.39, 0.29) is 11.8 Å². The third-order valence-corrected chi connectivity index (χ3v) is 2.80. The summed E-state index contributed by atoms with van der Waals surface area (Å²) < 4.78 is 0. The van der Waals surface area contributed by atoms with Crippen LogP contribution in [0.25, 0.3) is 0 Å². The van der Waals surface area contributed by atoms with Gasteiger partial charge < -0.3 is 16.0 Å². The molecule has 0 spiro atoms. The molecule has 0 radical (unpaired) electrons. The van der Waals surface area contributed by atoms with E-state index in [0.717, 1.165) is 6.42 Å². The molecule has 86 valence electrons. The van der Waals surface area contributed by atoms with Crippen LogP contribution in [-0.2, 0) is 9.59 Å². The molecule has 1 saturated heterocycles. The van der Waals surface area contributed by atoms with Crippen LogP contribution in [0.3, 0.4) is 0 Å². The molecule has 0 aromatic heterocycles. The Morgan fingerprint density at radius 2 is 2.27 bits per heavy atom. The third-order valence-electron chi connectivity index (χ3n) is 2.80. The van der Waals surface area contributed by atoms with Crippen molar-refractivity contribution in [1.29, 1.82) is 0 Å². The first kappa shape index (κ1) is 12.0. The molecule has 0 saturated carbocycles. The first-order chi connectivity index (χ1) is 7.07. The fourth-order valence-corrected chi connectivity index (χ4v) is 2.00. The predicted molar refractivity (Wildman–Crippen MR) is 57.0 cm³/mol. The molecular weight excluding hydrogens is 194 g/mol. The summed E-state index contributed by atoms with van der Waals surface area (Å²) in [5.74, 6) is -0.474. The molecule has 0 bridgehead atoms. The molecule has 1 heterocycles. The summed E-state index contributed by atoms with van der Waals surface area (Å²) in [4.78, 5) is 24.7. The molecule has 15 heavy (non-hydrogen) atoms. The summed E-state index contributed by atoms with van der Waals surface area (Å²) in [6.07, 6.45) is 1.57. The van der Waals surface area contributed by atoms with Crippen LogP contribution in [0.5, 0.6) is 0 Å². The Labute approximate surface area is 90.0 Å². The molecule has 1 rings (SSSR count). The predicted octanol–water partition coefficient (Wildman–Crippen LogP) is -0.682. The summed E-state index contributed by atoms with van der Waals surface area (Å²) in [5, 5.41) is 2.95. The van der Waals surface area contributed by atoms with Gasteiger partial charge in [0.15, 0.2) is 0 Å². The lowest BCUT2D eigenvalue weighted by atomic mass is 10.1. The SMILES string of the molecule is CNCC(C)C(=O)N1CCCC1C(N)=O. The smallest absolute Gasteiger partial charge is 0.240 e. The van der Waals surface area contributed by atoms with Gasteiger partial charge in [-0.1, -0.05) is 6.92 Å². The molecule has 5 nitrogen and oxygen atoms in total. The monoisotopic (exact) mass is 213 g/mol. The summed E-state index contributed by atoms with van der Waals surface area (Å²) in [6, 6.07) is -0.392. The van der Waals surface area contributed by atoms with E-state index in [9.17, 15) is 9.59 Å². The second-order valence-corrected chi connectivity index (χ2v) is 4.05. The maximum Gasteiger partial charge on any atom is 0.240 e. The molecule has 0 aliphatic carbocycles. The minimum atomic E-state index is -0.392. The Morgan fingerprint density at radius 3 is 2.80 bits per heavy atom. The normalized spacial score (nSPS) is 22.8. The third kappa shape index (κ3) is 2.68. The Balaban J connectivity index is 2.62. The fraction of sp³-hybridized carbons (Fsp3) is 0.800. The molecule has 2 amide bonds. The van der Waals surface area contributed by atoms with Crippen LogP contribution < -0.4 is 11.1 Å². The number of nitrogens with two attached hydrogens (primary N) is 1. The summed E-state index contributed by atoms with van der Waals surface area (Å²) in [6.45, 7) is 3.14. The van der Waals surface area contributed by atoms with Gasteiger partial charge in [0, 0.05) is 19.0 Å². The lowest BCUT2D eigenvalue weighted by Gasteiger charge is -2.25. The lowest BCUT2D eigenvalue weighted by Crippen LogP contribution is -2.47. The molecule has 0 aromatic carbocycles. The highest BCUT2D eigenvalue weighted by atomic mass is 16.2. The second kappa shape index (κ2) is 5.11. The van der Waals surface area contributed by atoms with Crippen molar-refractivity contribution < 1.29 is 9.59 Å². The Bertz CT molecular complexity index is 255. The molecule has 1 aliphatic heterocycles. The summed E-state index contributed by atoms with van der Waals surface area (Å²) in [5.41, 5.74) is 5.25. The topological polar surface area (TPSA) is 75.4 Å². The second-order valence-electron chi connectivity index (χ2n) is 4.05. The van der Waals surface area contributed by atoms with Gasteiger partial charge in [0.1, 0.15) is 6.04 Å². The van der Waals surface area contributed by atoms with E-state index in [1.54, 1.807) is 11.9 Å². The molecule has 1 aliphatic rings. The van der Waals surface area contributed by atoms with Crippen molar-refractivity contribution in [2.75, 3.05) is 20.1 Å². The van der Waals surface area contributed by atoms with Gasteiger partial charge in [-0.2, -0.15) is 0 Å². The lowest BCUT2D eigenvalue weighted by molar-refractivity contribution is -0.140. The minimum Gasteiger partial charge on any atom is -0.368 e. The number of nitrogens with zero attached hydrogens (tertiary/aromatic N) is 1. The van der Waals surface area contributed by atoms with Gasteiger partial charge in [0.25, 0.3) is 0 Å². The average molecular weight is 213 g/mol. The Morgan fingerprint density at radius 1 is 1.60 bits per heavy atom. The number of nitrogens with one attached hydrogen (secondary N) is 1. The summed E-state index contributed by atoms with van der Waals surface area (Å²) in [7, 11) is 1.80. The van der Waals surface area contributed by atoms with Crippen LogP contribution in [0.2, 0.25) is 0 Å². The Hall–Kier alpha value is -1.10. The van der Waals surface area contributed by atoms with E-state index in [2.05, 4.69) is 5.32 Å². The van der Waals surface area contributed by atoms with Gasteiger partial charge in [-0.15, -0.1) is 0 Å². The quantitative estimate of drug-likeness (QED) is 0.649. The number of carbonyl (C=O) groups excluding carboxylic acids is 2. The number of likely N-dealkylation sites (tertiary alicyclic amines) is 1. The van der Waals surface area contributed by atoms with Crippen molar-refractivity contribution in [2.24, 2.45) is 11.7 Å². The average Bonchev–Trinajstić information content (AvgIpc) is 2.65. The number of hydrogen-bond donors (Lipinski definition) is 2. The summed E-state index contributed by atoms with van der Waals surface area (Å²) >= 11 is 0. The van der Waals surface area contributed by atoms with Crippen molar-refractivity contribution in [3.05, 3.63) is 0 Å².